The molecule has 0 bridgehead atoms. The van der Waals surface area contributed by atoms with Gasteiger partial charge in [0, 0.05) is 54.3 Å². The number of nitrogens with one attached hydrogen (secondary N) is 4. The normalized spacial score (nSPS) is 11.6. The Morgan fingerprint density at radius 1 is 0.862 bits per heavy atom. The van der Waals surface area contributed by atoms with E-state index in [0.29, 0.717) is 0 Å². The number of H-pyrrole nitrogens is 2. The molecule has 0 spiro atoms. The van der Waals surface area contributed by atoms with E-state index in [9.17, 15) is 0 Å². The molecular formula is C23H28IN5. The van der Waals surface area contributed by atoms with Crippen molar-refractivity contribution in [1.82, 2.24) is 20.6 Å². The maximum absolute atomic E-state index is 4.34. The Balaban J connectivity index is 0.00000240. The van der Waals surface area contributed by atoms with Gasteiger partial charge in [-0.2, -0.15) is 0 Å². The zero-order valence-electron chi connectivity index (χ0n) is 16.9. The second-order valence-corrected chi connectivity index (χ2v) is 7.10. The summed E-state index contributed by atoms with van der Waals surface area (Å²) in [7, 11) is 1.82. The molecule has 29 heavy (non-hydrogen) atoms. The van der Waals surface area contributed by atoms with Gasteiger partial charge in [-0.25, -0.2) is 0 Å². The van der Waals surface area contributed by atoms with E-state index < -0.39 is 0 Å². The van der Waals surface area contributed by atoms with Crippen LogP contribution in [0, 0.1) is 6.92 Å². The molecule has 2 aromatic heterocycles. The summed E-state index contributed by atoms with van der Waals surface area (Å²) in [5.74, 6) is 0.843. The lowest BCUT2D eigenvalue weighted by molar-refractivity contribution is 0.787. The van der Waals surface area contributed by atoms with E-state index in [1.54, 1.807) is 0 Å². The molecule has 4 aromatic rings. The highest BCUT2D eigenvalue weighted by molar-refractivity contribution is 14.0. The van der Waals surface area contributed by atoms with Gasteiger partial charge >= 0.3 is 0 Å². The average Bonchev–Trinajstić information content (AvgIpc) is 3.32. The number of aliphatic imine (C=N–C) groups is 1. The SMILES string of the molecule is CN=C(NCCc1c[nH]c2ccccc12)NCCc1c[nH]c2c(C)cccc12.I. The van der Waals surface area contributed by atoms with E-state index in [0.717, 1.165) is 31.9 Å². The first-order valence-corrected chi connectivity index (χ1v) is 9.81. The van der Waals surface area contributed by atoms with Crippen molar-refractivity contribution in [1.29, 1.82) is 0 Å². The molecule has 4 N–H and O–H groups in total. The molecule has 0 aliphatic carbocycles. The van der Waals surface area contributed by atoms with Crippen molar-refractivity contribution in [2.75, 3.05) is 20.1 Å². The van der Waals surface area contributed by atoms with Crippen LogP contribution in [0.5, 0.6) is 0 Å². The number of fused-ring (bicyclic) bond motifs is 2. The topological polar surface area (TPSA) is 68.0 Å². The summed E-state index contributed by atoms with van der Waals surface area (Å²) in [5.41, 5.74) is 6.37. The van der Waals surface area contributed by atoms with Crippen molar-refractivity contribution in [3.63, 3.8) is 0 Å². The number of aromatic amines is 2. The molecule has 0 amide bonds. The Labute approximate surface area is 188 Å². The van der Waals surface area contributed by atoms with Gasteiger partial charge in [-0.1, -0.05) is 36.4 Å². The van der Waals surface area contributed by atoms with Crippen molar-refractivity contribution in [2.45, 2.75) is 19.8 Å². The maximum Gasteiger partial charge on any atom is 0.190 e. The molecule has 0 atom stereocenters. The van der Waals surface area contributed by atoms with Gasteiger partial charge < -0.3 is 20.6 Å². The number of hydrogen-bond acceptors (Lipinski definition) is 1. The molecule has 0 aliphatic heterocycles. The van der Waals surface area contributed by atoms with Crippen LogP contribution in [0.1, 0.15) is 16.7 Å². The molecule has 152 valence electrons. The fraction of sp³-hybridized carbons (Fsp3) is 0.261. The summed E-state index contributed by atoms with van der Waals surface area (Å²) in [4.78, 5) is 11.1. The van der Waals surface area contributed by atoms with Crippen molar-refractivity contribution >= 4 is 51.7 Å². The third-order valence-corrected chi connectivity index (χ3v) is 5.28. The van der Waals surface area contributed by atoms with E-state index >= 15 is 0 Å². The highest BCUT2D eigenvalue weighted by Crippen LogP contribution is 2.21. The first kappa shape index (κ1) is 21.2. The van der Waals surface area contributed by atoms with Crippen molar-refractivity contribution in [3.8, 4) is 0 Å². The molecule has 6 heteroatoms. The van der Waals surface area contributed by atoms with Crippen LogP contribution >= 0.6 is 24.0 Å². The third kappa shape index (κ3) is 4.75. The van der Waals surface area contributed by atoms with E-state index in [1.807, 2.05) is 7.05 Å². The van der Waals surface area contributed by atoms with Crippen molar-refractivity contribution < 1.29 is 0 Å². The molecule has 0 unspecified atom stereocenters. The summed E-state index contributed by atoms with van der Waals surface area (Å²) in [6, 6.07) is 14.9. The minimum Gasteiger partial charge on any atom is -0.361 e. The van der Waals surface area contributed by atoms with Gasteiger partial charge in [0.25, 0.3) is 0 Å². The molecule has 0 saturated heterocycles. The number of para-hydroxylation sites is 2. The summed E-state index contributed by atoms with van der Waals surface area (Å²) in [6.07, 6.45) is 6.12. The van der Waals surface area contributed by atoms with Crippen molar-refractivity contribution in [2.24, 2.45) is 4.99 Å². The summed E-state index contributed by atoms with van der Waals surface area (Å²) in [5, 5.41) is 9.44. The van der Waals surface area contributed by atoms with Crippen molar-refractivity contribution in [3.05, 3.63) is 71.5 Å². The van der Waals surface area contributed by atoms with Gasteiger partial charge in [-0.05, 0) is 42.5 Å². The number of halogens is 1. The Kier molecular flexibility index (Phi) is 7.19. The molecule has 0 radical (unpaired) electrons. The van der Waals surface area contributed by atoms with Crippen LogP contribution in [0.4, 0.5) is 0 Å². The zero-order valence-corrected chi connectivity index (χ0v) is 19.2. The predicted molar refractivity (Wildman–Crippen MR) is 134 cm³/mol. The van der Waals surface area contributed by atoms with E-state index in [1.165, 1.54) is 38.5 Å². The van der Waals surface area contributed by atoms with Crippen LogP contribution in [0.3, 0.4) is 0 Å². The summed E-state index contributed by atoms with van der Waals surface area (Å²) in [6.45, 7) is 3.82. The van der Waals surface area contributed by atoms with Crippen LogP contribution in [0.25, 0.3) is 21.8 Å². The molecule has 0 aliphatic rings. The number of aromatic nitrogens is 2. The van der Waals surface area contributed by atoms with Crippen LogP contribution in [-0.4, -0.2) is 36.1 Å². The molecule has 2 aromatic carbocycles. The van der Waals surface area contributed by atoms with E-state index in [2.05, 4.69) is 87.4 Å². The maximum atomic E-state index is 4.34. The van der Waals surface area contributed by atoms with Gasteiger partial charge in [-0.15, -0.1) is 24.0 Å². The van der Waals surface area contributed by atoms with E-state index in [4.69, 9.17) is 0 Å². The molecular weight excluding hydrogens is 473 g/mol. The van der Waals surface area contributed by atoms with Crippen LogP contribution < -0.4 is 10.6 Å². The van der Waals surface area contributed by atoms with E-state index in [-0.39, 0.29) is 24.0 Å². The number of guanidine groups is 1. The highest BCUT2D eigenvalue weighted by Gasteiger charge is 2.06. The fourth-order valence-corrected chi connectivity index (χ4v) is 3.76. The number of rotatable bonds is 6. The standard InChI is InChI=1S/C23H27N5.HI/c1-16-6-5-8-20-18(15-28-22(16)20)11-13-26-23(24-2)25-12-10-17-14-27-21-9-4-3-7-19(17)21;/h3-9,14-15,27-28H,10-13H2,1-2H3,(H2,24,25,26);1H. The van der Waals surface area contributed by atoms with Gasteiger partial charge in [0.2, 0.25) is 0 Å². The quantitative estimate of drug-likeness (QED) is 0.178. The number of aryl methyl sites for hydroxylation is 1. The number of nitrogens with zero attached hydrogens (tertiary/aromatic N) is 1. The largest absolute Gasteiger partial charge is 0.361 e. The second-order valence-electron chi connectivity index (χ2n) is 7.10. The first-order valence-electron chi connectivity index (χ1n) is 9.81. The monoisotopic (exact) mass is 501 g/mol. The minimum absolute atomic E-state index is 0. The smallest absolute Gasteiger partial charge is 0.190 e. The molecule has 0 saturated carbocycles. The number of benzene rings is 2. The van der Waals surface area contributed by atoms with Crippen LogP contribution in [0.2, 0.25) is 0 Å². The molecule has 4 rings (SSSR count). The third-order valence-electron chi connectivity index (χ3n) is 5.28. The lowest BCUT2D eigenvalue weighted by atomic mass is 10.1. The lowest BCUT2D eigenvalue weighted by Gasteiger charge is -2.11. The Bertz CT molecular complexity index is 1110. The summed E-state index contributed by atoms with van der Waals surface area (Å²) >= 11 is 0. The highest BCUT2D eigenvalue weighted by atomic mass is 127. The Morgan fingerprint density at radius 3 is 2.28 bits per heavy atom. The van der Waals surface area contributed by atoms with Crippen LogP contribution in [-0.2, 0) is 12.8 Å². The molecule has 0 fully saturated rings. The minimum atomic E-state index is 0. The molecule has 5 nitrogen and oxygen atoms in total. The predicted octanol–water partition coefficient (Wildman–Crippen LogP) is 4.53. The number of hydrogen-bond donors (Lipinski definition) is 4. The molecule has 2 heterocycles. The van der Waals surface area contributed by atoms with Gasteiger partial charge in [0.05, 0.1) is 0 Å². The average molecular weight is 501 g/mol. The first-order chi connectivity index (χ1) is 13.8. The van der Waals surface area contributed by atoms with Gasteiger partial charge in [0.15, 0.2) is 5.96 Å². The van der Waals surface area contributed by atoms with Gasteiger partial charge in [-0.3, -0.25) is 4.99 Å². The zero-order chi connectivity index (χ0) is 19.3. The van der Waals surface area contributed by atoms with Crippen LogP contribution in [0.15, 0.2) is 59.9 Å². The lowest BCUT2D eigenvalue weighted by Crippen LogP contribution is -2.39. The summed E-state index contributed by atoms with van der Waals surface area (Å²) < 4.78 is 0. The Hall–Kier alpha value is -2.48. The fourth-order valence-electron chi connectivity index (χ4n) is 3.76. The Morgan fingerprint density at radius 2 is 1.52 bits per heavy atom. The second kappa shape index (κ2) is 9.82. The van der Waals surface area contributed by atoms with Gasteiger partial charge in [0.1, 0.15) is 0 Å².